The fourth-order valence-corrected chi connectivity index (χ4v) is 0.648. The molecule has 0 N–H and O–H groups in total. The smallest absolute Gasteiger partial charge is 0.143 e. The van der Waals surface area contributed by atoms with E-state index in [-0.39, 0.29) is 0 Å². The average molecular weight is 148 g/mol. The first-order chi connectivity index (χ1) is 7.02. The second-order valence-electron chi connectivity index (χ2n) is 2.58. The van der Waals surface area contributed by atoms with Crippen molar-refractivity contribution in [1.82, 2.24) is 0 Å². The third-order valence-electron chi connectivity index (χ3n) is 1.17. The highest BCUT2D eigenvalue weighted by Crippen LogP contribution is 2.30. The average Bonchev–Trinajstić information content (AvgIpc) is 1.91. The van der Waals surface area contributed by atoms with Crippen LogP contribution in [0.4, 0.5) is 0 Å². The third-order valence-corrected chi connectivity index (χ3v) is 1.17. The summed E-state index contributed by atoms with van der Waals surface area (Å²) in [5.74, 6) is 0. The van der Waals surface area contributed by atoms with Gasteiger partial charge in [0.25, 0.3) is 0 Å². The van der Waals surface area contributed by atoms with E-state index in [0.717, 1.165) is 5.57 Å². The molecule has 0 amide bonds. The van der Waals surface area contributed by atoms with Crippen LogP contribution in [0.3, 0.4) is 0 Å². The van der Waals surface area contributed by atoms with Crippen molar-refractivity contribution in [3.63, 3.8) is 0 Å². The van der Waals surface area contributed by atoms with E-state index in [4.69, 9.17) is 8.22 Å². The van der Waals surface area contributed by atoms with Crippen LogP contribution in [0.2, 0.25) is 0 Å². The molecule has 1 atom stereocenters. The molecule has 2 heteroatoms. The lowest BCUT2D eigenvalue weighted by Gasteiger charge is -2.40. The summed E-state index contributed by atoms with van der Waals surface area (Å²) in [4.78, 5) is 9.11. The quantitative estimate of drug-likeness (QED) is 0.418. The van der Waals surface area contributed by atoms with Gasteiger partial charge in [-0.2, -0.15) is 0 Å². The summed E-state index contributed by atoms with van der Waals surface area (Å²) in [5.41, 5.74) is -1.48. The number of allylic oxidation sites excluding steroid dienone is 1. The first-order valence-electron chi connectivity index (χ1n) is 6.02. The summed E-state index contributed by atoms with van der Waals surface area (Å²) < 4.78 is 43.8. The van der Waals surface area contributed by atoms with E-state index in [1.54, 1.807) is 13.8 Å². The standard InChI is InChI=1S/C8H14O2/c1-6(2)5-7-8(3,4)10-9-7/h5,7H,1-4H3/i3D3,4D3. The topological polar surface area (TPSA) is 18.5 Å². The van der Waals surface area contributed by atoms with Crippen molar-refractivity contribution < 1.29 is 18.0 Å². The molecule has 10 heavy (non-hydrogen) atoms. The van der Waals surface area contributed by atoms with Gasteiger partial charge in [0.2, 0.25) is 0 Å². The molecule has 0 aliphatic carbocycles. The third kappa shape index (κ3) is 1.39. The molecular weight excluding hydrogens is 128 g/mol. The van der Waals surface area contributed by atoms with Gasteiger partial charge in [-0.25, -0.2) is 9.78 Å². The van der Waals surface area contributed by atoms with Crippen LogP contribution in [0.25, 0.3) is 0 Å². The van der Waals surface area contributed by atoms with Gasteiger partial charge >= 0.3 is 0 Å². The Labute approximate surface area is 70.2 Å². The van der Waals surface area contributed by atoms with Gasteiger partial charge in [-0.05, 0) is 27.6 Å². The highest BCUT2D eigenvalue weighted by Gasteiger charge is 2.41. The minimum absolute atomic E-state index is 0.770. The molecule has 58 valence electrons. The van der Waals surface area contributed by atoms with Crippen molar-refractivity contribution in [3.8, 4) is 0 Å². The SMILES string of the molecule is [2H]C([2H])([2H])C1(C([2H])([2H])[2H])OOC1C=C(C)C. The molecule has 2 nitrogen and oxygen atoms in total. The molecule has 1 rings (SSSR count). The maximum absolute atomic E-state index is 7.31. The van der Waals surface area contributed by atoms with Crippen LogP contribution in [0, 0.1) is 0 Å². The fourth-order valence-electron chi connectivity index (χ4n) is 0.648. The predicted molar refractivity (Wildman–Crippen MR) is 39.5 cm³/mol. The maximum Gasteiger partial charge on any atom is 0.143 e. The molecule has 0 bridgehead atoms. The van der Waals surface area contributed by atoms with E-state index in [1.165, 1.54) is 6.08 Å². The highest BCUT2D eigenvalue weighted by atomic mass is 17.3. The van der Waals surface area contributed by atoms with Crippen LogP contribution in [-0.4, -0.2) is 11.7 Å². The second kappa shape index (κ2) is 2.36. The van der Waals surface area contributed by atoms with Crippen LogP contribution in [0.5, 0.6) is 0 Å². The van der Waals surface area contributed by atoms with E-state index in [2.05, 4.69) is 9.78 Å². The van der Waals surface area contributed by atoms with Gasteiger partial charge in [0.1, 0.15) is 11.7 Å². The summed E-state index contributed by atoms with van der Waals surface area (Å²) in [5, 5.41) is 0. The summed E-state index contributed by atoms with van der Waals surface area (Å²) in [6, 6.07) is 0. The van der Waals surface area contributed by atoms with Gasteiger partial charge in [-0.3, -0.25) is 0 Å². The van der Waals surface area contributed by atoms with E-state index in [9.17, 15) is 0 Å². The zero-order chi connectivity index (χ0) is 12.8. The van der Waals surface area contributed by atoms with Crippen LogP contribution >= 0.6 is 0 Å². The van der Waals surface area contributed by atoms with Crippen molar-refractivity contribution in [2.45, 2.75) is 39.3 Å². The number of rotatable bonds is 1. The first-order valence-corrected chi connectivity index (χ1v) is 3.02. The van der Waals surface area contributed by atoms with Crippen LogP contribution in [-0.2, 0) is 9.78 Å². The minimum atomic E-state index is -2.77. The molecule has 0 radical (unpaired) electrons. The molecule has 1 unspecified atom stereocenters. The predicted octanol–water partition coefficient (Wildman–Crippen LogP) is 2.06. The van der Waals surface area contributed by atoms with Crippen LogP contribution < -0.4 is 0 Å². The van der Waals surface area contributed by atoms with Gasteiger partial charge < -0.3 is 0 Å². The van der Waals surface area contributed by atoms with Crippen molar-refractivity contribution in [1.29, 1.82) is 0 Å². The van der Waals surface area contributed by atoms with Crippen molar-refractivity contribution >= 4 is 0 Å². The molecular formula is C8H14O2. The molecule has 1 aliphatic heterocycles. The lowest BCUT2D eigenvalue weighted by molar-refractivity contribution is -0.488. The molecule has 1 fully saturated rings. The minimum Gasteiger partial charge on any atom is -0.227 e. The molecule has 0 aromatic heterocycles. The molecule has 0 aromatic carbocycles. The second-order valence-corrected chi connectivity index (χ2v) is 2.58. The Hall–Kier alpha value is -0.340. The Kier molecular flexibility index (Phi) is 0.698. The Balaban J connectivity index is 3.14. The van der Waals surface area contributed by atoms with Gasteiger partial charge in [0.05, 0.1) is 0 Å². The highest BCUT2D eigenvalue weighted by molar-refractivity contribution is 5.05. The van der Waals surface area contributed by atoms with Crippen molar-refractivity contribution in [2.24, 2.45) is 0 Å². The fraction of sp³-hybridized carbons (Fsp3) is 0.750. The molecule has 0 spiro atoms. The van der Waals surface area contributed by atoms with Gasteiger partial charge in [0, 0.05) is 8.22 Å². The Morgan fingerprint density at radius 1 is 1.60 bits per heavy atom. The molecule has 0 saturated carbocycles. The number of hydrogen-bond acceptors (Lipinski definition) is 2. The molecule has 1 heterocycles. The lowest BCUT2D eigenvalue weighted by atomic mass is 9.98. The maximum atomic E-state index is 7.31. The largest absolute Gasteiger partial charge is 0.227 e. The lowest BCUT2D eigenvalue weighted by Crippen LogP contribution is -2.50. The van der Waals surface area contributed by atoms with Crippen molar-refractivity contribution in [3.05, 3.63) is 11.6 Å². The zero-order valence-corrected chi connectivity index (χ0v) is 5.97. The first kappa shape index (κ1) is 2.95. The molecule has 1 saturated heterocycles. The van der Waals surface area contributed by atoms with Gasteiger partial charge in [-0.15, -0.1) is 0 Å². The number of hydrogen-bond donors (Lipinski definition) is 0. The summed E-state index contributed by atoms with van der Waals surface area (Å²) in [6.45, 7) is -2.09. The van der Waals surface area contributed by atoms with Gasteiger partial charge in [-0.1, -0.05) is 11.6 Å². The normalized spacial score (nSPS) is 40.4. The summed E-state index contributed by atoms with van der Waals surface area (Å²) in [7, 11) is 0. The van der Waals surface area contributed by atoms with Crippen LogP contribution in [0.15, 0.2) is 11.6 Å². The van der Waals surface area contributed by atoms with Gasteiger partial charge in [0.15, 0.2) is 0 Å². The Morgan fingerprint density at radius 2 is 2.30 bits per heavy atom. The van der Waals surface area contributed by atoms with Crippen LogP contribution in [0.1, 0.15) is 35.8 Å². The van der Waals surface area contributed by atoms with E-state index in [1.807, 2.05) is 0 Å². The Morgan fingerprint density at radius 3 is 2.60 bits per heavy atom. The monoisotopic (exact) mass is 148 g/mol. The van der Waals surface area contributed by atoms with E-state index < -0.39 is 25.4 Å². The molecule has 1 aliphatic rings. The van der Waals surface area contributed by atoms with E-state index in [0.29, 0.717) is 0 Å². The van der Waals surface area contributed by atoms with Crippen molar-refractivity contribution in [2.75, 3.05) is 0 Å². The molecule has 0 aromatic rings. The van der Waals surface area contributed by atoms with E-state index >= 15 is 0 Å². The Bertz CT molecular complexity index is 285. The zero-order valence-electron chi connectivity index (χ0n) is 12.0. The summed E-state index contributed by atoms with van der Waals surface area (Å²) in [6.07, 6.45) is 0.375. The summed E-state index contributed by atoms with van der Waals surface area (Å²) >= 11 is 0.